The predicted octanol–water partition coefficient (Wildman–Crippen LogP) is 1.02. The lowest BCUT2D eigenvalue weighted by atomic mass is 10.2. The van der Waals surface area contributed by atoms with Crippen LogP contribution in [0.3, 0.4) is 0 Å². The molecule has 27 heavy (non-hydrogen) atoms. The molecule has 150 valence electrons. The maximum atomic E-state index is 12.4. The SMILES string of the molecule is CCCN(C(=O)COC(=O)/C=C/c1c(C)nn(C)c1C)[C@H]1CCS(=O)(=O)C1. The molecule has 1 aromatic heterocycles. The molecule has 1 saturated heterocycles. The highest BCUT2D eigenvalue weighted by atomic mass is 32.2. The lowest BCUT2D eigenvalue weighted by molar-refractivity contribution is -0.149. The van der Waals surface area contributed by atoms with Gasteiger partial charge in [0.05, 0.1) is 17.2 Å². The minimum absolute atomic E-state index is 0.0217. The van der Waals surface area contributed by atoms with Crippen molar-refractivity contribution in [1.82, 2.24) is 14.7 Å². The van der Waals surface area contributed by atoms with Crippen molar-refractivity contribution in [3.63, 3.8) is 0 Å². The fourth-order valence-corrected chi connectivity index (χ4v) is 4.95. The first-order chi connectivity index (χ1) is 12.6. The van der Waals surface area contributed by atoms with Crippen LogP contribution in [0.5, 0.6) is 0 Å². The summed E-state index contributed by atoms with van der Waals surface area (Å²) in [7, 11) is -1.27. The number of amides is 1. The third kappa shape index (κ3) is 5.41. The van der Waals surface area contributed by atoms with E-state index < -0.39 is 22.4 Å². The van der Waals surface area contributed by atoms with Crippen molar-refractivity contribution in [3.05, 3.63) is 23.0 Å². The number of esters is 1. The quantitative estimate of drug-likeness (QED) is 0.503. The van der Waals surface area contributed by atoms with Crippen molar-refractivity contribution in [2.75, 3.05) is 24.7 Å². The maximum Gasteiger partial charge on any atom is 0.331 e. The first kappa shape index (κ1) is 21.1. The van der Waals surface area contributed by atoms with Gasteiger partial charge in [0.15, 0.2) is 16.4 Å². The summed E-state index contributed by atoms with van der Waals surface area (Å²) >= 11 is 0. The summed E-state index contributed by atoms with van der Waals surface area (Å²) in [5.74, 6) is -0.917. The molecule has 0 aliphatic carbocycles. The topological polar surface area (TPSA) is 98.6 Å². The number of hydrogen-bond acceptors (Lipinski definition) is 6. The van der Waals surface area contributed by atoms with Gasteiger partial charge in [-0.3, -0.25) is 9.48 Å². The van der Waals surface area contributed by atoms with Gasteiger partial charge in [-0.05, 0) is 32.8 Å². The van der Waals surface area contributed by atoms with Crippen LogP contribution in [-0.4, -0.2) is 65.7 Å². The molecule has 0 unspecified atom stereocenters. The van der Waals surface area contributed by atoms with E-state index in [9.17, 15) is 18.0 Å². The van der Waals surface area contributed by atoms with Crippen LogP contribution in [-0.2, 0) is 31.2 Å². The van der Waals surface area contributed by atoms with Crippen LogP contribution in [0, 0.1) is 13.8 Å². The summed E-state index contributed by atoms with van der Waals surface area (Å²) in [6.07, 6.45) is 4.03. The van der Waals surface area contributed by atoms with Crippen LogP contribution < -0.4 is 0 Å². The van der Waals surface area contributed by atoms with Crippen molar-refractivity contribution < 1.29 is 22.7 Å². The van der Waals surface area contributed by atoms with Crippen molar-refractivity contribution in [1.29, 1.82) is 0 Å². The molecule has 1 fully saturated rings. The smallest absolute Gasteiger partial charge is 0.331 e. The van der Waals surface area contributed by atoms with E-state index in [0.717, 1.165) is 17.0 Å². The molecule has 1 atom stereocenters. The average Bonchev–Trinajstić information content (AvgIpc) is 3.07. The van der Waals surface area contributed by atoms with Crippen LogP contribution in [0.1, 0.15) is 36.7 Å². The number of aromatic nitrogens is 2. The number of hydrogen-bond donors (Lipinski definition) is 0. The summed E-state index contributed by atoms with van der Waals surface area (Å²) in [4.78, 5) is 25.9. The van der Waals surface area contributed by atoms with Gasteiger partial charge in [0.2, 0.25) is 0 Å². The number of sulfone groups is 1. The third-order valence-corrected chi connectivity index (χ3v) is 6.47. The molecular weight excluding hydrogens is 370 g/mol. The highest BCUT2D eigenvalue weighted by Crippen LogP contribution is 2.18. The van der Waals surface area contributed by atoms with Crippen LogP contribution >= 0.6 is 0 Å². The third-order valence-electron chi connectivity index (χ3n) is 4.72. The average molecular weight is 397 g/mol. The fraction of sp³-hybridized carbons (Fsp3) is 0.611. The van der Waals surface area contributed by atoms with Crippen LogP contribution in [0.4, 0.5) is 0 Å². The molecule has 0 N–H and O–H groups in total. The highest BCUT2D eigenvalue weighted by molar-refractivity contribution is 7.91. The molecule has 2 rings (SSSR count). The van der Waals surface area contributed by atoms with Crippen LogP contribution in [0.25, 0.3) is 6.08 Å². The molecular formula is C18H27N3O5S. The Morgan fingerprint density at radius 1 is 1.37 bits per heavy atom. The summed E-state index contributed by atoms with van der Waals surface area (Å²) in [5.41, 5.74) is 2.56. The Bertz CT molecular complexity index is 841. The van der Waals surface area contributed by atoms with Crippen molar-refractivity contribution in [2.45, 2.75) is 39.7 Å². The molecule has 0 spiro atoms. The van der Waals surface area contributed by atoms with Gasteiger partial charge >= 0.3 is 5.97 Å². The Labute approximate surface area is 160 Å². The summed E-state index contributed by atoms with van der Waals surface area (Å²) in [5, 5.41) is 4.27. The summed E-state index contributed by atoms with van der Waals surface area (Å²) in [6, 6.07) is -0.336. The standard InChI is InChI=1S/C18H27N3O5S/c1-5-9-21(15-8-10-27(24,25)12-15)17(22)11-26-18(23)7-6-16-13(2)19-20(4)14(16)3/h6-7,15H,5,8-12H2,1-4H3/b7-6+/t15-/m0/s1. The van der Waals surface area contributed by atoms with Crippen LogP contribution in [0.15, 0.2) is 6.08 Å². The highest BCUT2D eigenvalue weighted by Gasteiger charge is 2.34. The van der Waals surface area contributed by atoms with E-state index >= 15 is 0 Å². The Morgan fingerprint density at radius 2 is 2.07 bits per heavy atom. The zero-order chi connectivity index (χ0) is 20.2. The number of ether oxygens (including phenoxy) is 1. The molecule has 0 radical (unpaired) electrons. The molecule has 1 aliphatic heterocycles. The summed E-state index contributed by atoms with van der Waals surface area (Å²) < 4.78 is 30.1. The minimum Gasteiger partial charge on any atom is -0.452 e. The van der Waals surface area contributed by atoms with E-state index in [2.05, 4.69) is 5.10 Å². The van der Waals surface area contributed by atoms with Gasteiger partial charge in [0.1, 0.15) is 0 Å². The van der Waals surface area contributed by atoms with E-state index in [1.54, 1.807) is 10.8 Å². The Kier molecular flexibility index (Phi) is 6.80. The van der Waals surface area contributed by atoms with Gasteiger partial charge in [-0.2, -0.15) is 5.10 Å². The van der Waals surface area contributed by atoms with Gasteiger partial charge in [-0.1, -0.05) is 6.92 Å². The minimum atomic E-state index is -3.09. The molecule has 1 amide bonds. The summed E-state index contributed by atoms with van der Waals surface area (Å²) in [6.45, 7) is 5.70. The van der Waals surface area contributed by atoms with Gasteiger partial charge in [0.25, 0.3) is 5.91 Å². The second-order valence-electron chi connectivity index (χ2n) is 6.79. The fourth-order valence-electron chi connectivity index (χ4n) is 3.22. The van der Waals surface area contributed by atoms with Gasteiger partial charge in [-0.15, -0.1) is 0 Å². The normalized spacial score (nSPS) is 18.7. The first-order valence-electron chi connectivity index (χ1n) is 8.99. The number of rotatable bonds is 7. The van der Waals surface area contributed by atoms with E-state index in [1.165, 1.54) is 11.0 Å². The first-order valence-corrected chi connectivity index (χ1v) is 10.8. The van der Waals surface area contributed by atoms with Crippen molar-refractivity contribution in [3.8, 4) is 0 Å². The zero-order valence-electron chi connectivity index (χ0n) is 16.3. The lowest BCUT2D eigenvalue weighted by Gasteiger charge is -2.27. The monoisotopic (exact) mass is 397 g/mol. The molecule has 2 heterocycles. The Hall–Kier alpha value is -2.16. The van der Waals surface area contributed by atoms with Gasteiger partial charge in [-0.25, -0.2) is 13.2 Å². The second kappa shape index (κ2) is 8.69. The van der Waals surface area contributed by atoms with E-state index in [4.69, 9.17) is 4.74 Å². The van der Waals surface area contributed by atoms with E-state index in [1.807, 2.05) is 27.8 Å². The Morgan fingerprint density at radius 3 is 2.59 bits per heavy atom. The molecule has 1 aromatic rings. The number of carbonyl (C=O) groups is 2. The van der Waals surface area contributed by atoms with Gasteiger partial charge in [0, 0.05) is 37.0 Å². The maximum absolute atomic E-state index is 12.4. The number of carbonyl (C=O) groups excluding carboxylic acids is 2. The van der Waals surface area contributed by atoms with E-state index in [-0.39, 0.29) is 23.5 Å². The van der Waals surface area contributed by atoms with Crippen molar-refractivity contribution >= 4 is 27.8 Å². The molecule has 0 bridgehead atoms. The van der Waals surface area contributed by atoms with Gasteiger partial charge < -0.3 is 9.64 Å². The van der Waals surface area contributed by atoms with E-state index in [0.29, 0.717) is 19.4 Å². The molecule has 1 aliphatic rings. The van der Waals surface area contributed by atoms with Crippen LogP contribution in [0.2, 0.25) is 0 Å². The number of aryl methyl sites for hydroxylation is 2. The zero-order valence-corrected chi connectivity index (χ0v) is 17.1. The molecule has 9 heteroatoms. The molecule has 0 aromatic carbocycles. The molecule has 8 nitrogen and oxygen atoms in total. The number of nitrogens with zero attached hydrogens (tertiary/aromatic N) is 3. The second-order valence-corrected chi connectivity index (χ2v) is 9.02. The lowest BCUT2D eigenvalue weighted by Crippen LogP contribution is -2.43. The molecule has 0 saturated carbocycles. The largest absolute Gasteiger partial charge is 0.452 e. The Balaban J connectivity index is 1.94. The predicted molar refractivity (Wildman–Crippen MR) is 102 cm³/mol. The van der Waals surface area contributed by atoms with Crippen molar-refractivity contribution in [2.24, 2.45) is 7.05 Å².